The second-order valence-electron chi connectivity index (χ2n) is 8.74. The number of rotatable bonds is 10. The molecule has 3 rings (SSSR count). The number of nitrogens with one attached hydrogen (secondary N) is 2. The normalized spacial score (nSPS) is 17.7. The van der Waals surface area contributed by atoms with Gasteiger partial charge in [0.25, 0.3) is 0 Å². The Hall–Kier alpha value is -2.39. The van der Waals surface area contributed by atoms with Crippen LogP contribution < -0.4 is 10.6 Å². The first-order valence-corrected chi connectivity index (χ1v) is 12.7. The smallest absolute Gasteiger partial charge is 0.326 e. The van der Waals surface area contributed by atoms with Crippen LogP contribution in [0.5, 0.6) is 0 Å². The summed E-state index contributed by atoms with van der Waals surface area (Å²) in [7, 11) is 0. The van der Waals surface area contributed by atoms with E-state index in [1.807, 2.05) is 42.8 Å². The van der Waals surface area contributed by atoms with Gasteiger partial charge in [0, 0.05) is 23.6 Å². The number of hydrogen-bond acceptors (Lipinski definition) is 6. The van der Waals surface area contributed by atoms with Crippen molar-refractivity contribution >= 4 is 41.7 Å². The summed E-state index contributed by atoms with van der Waals surface area (Å²) in [6.45, 7) is 3.93. The molecule has 3 unspecified atom stereocenters. The van der Waals surface area contributed by atoms with Gasteiger partial charge >= 0.3 is 5.97 Å². The molecule has 1 aliphatic carbocycles. The molecule has 3 atom stereocenters. The number of carbonyl (C=O) groups is 3. The number of carboxylic acid groups (broad SMARTS) is 1. The molecule has 2 amide bonds. The van der Waals surface area contributed by atoms with Gasteiger partial charge in [0.15, 0.2) is 0 Å². The van der Waals surface area contributed by atoms with E-state index in [4.69, 9.17) is 0 Å². The second-order valence-corrected chi connectivity index (χ2v) is 10.1. The maximum atomic E-state index is 13.3. The lowest BCUT2D eigenvalue weighted by Crippen LogP contribution is -2.61. The van der Waals surface area contributed by atoms with E-state index < -0.39 is 28.7 Å². The van der Waals surface area contributed by atoms with Crippen LogP contribution in [0.3, 0.4) is 0 Å². The third-order valence-electron chi connectivity index (χ3n) is 6.39. The lowest BCUT2D eigenvalue weighted by molar-refractivity contribution is -0.143. The first-order chi connectivity index (χ1) is 15.8. The lowest BCUT2D eigenvalue weighted by Gasteiger charge is -2.32. The number of hydrogen-bond donors (Lipinski definition) is 4. The molecule has 0 bridgehead atoms. The molecule has 1 aliphatic rings. The van der Waals surface area contributed by atoms with Crippen molar-refractivity contribution < 1.29 is 19.5 Å². The van der Waals surface area contributed by atoms with Crippen LogP contribution in [0.4, 0.5) is 0 Å². The van der Waals surface area contributed by atoms with E-state index in [1.54, 1.807) is 17.5 Å². The summed E-state index contributed by atoms with van der Waals surface area (Å²) >= 11 is 6.01. The number of carbonyl (C=O) groups excluding carboxylic acids is 2. The molecule has 7 nitrogen and oxygen atoms in total. The molecule has 0 radical (unpaired) electrons. The number of aliphatic carboxylic acids is 1. The minimum absolute atomic E-state index is 0.0613. The van der Waals surface area contributed by atoms with Gasteiger partial charge in [-0.1, -0.05) is 39.2 Å². The fourth-order valence-corrected chi connectivity index (χ4v) is 4.96. The fraction of sp³-hybridized carbons (Fsp3) is 0.500. The molecule has 1 fully saturated rings. The minimum Gasteiger partial charge on any atom is -0.480 e. The molecule has 178 valence electrons. The molecule has 2 heterocycles. The Bertz CT molecular complexity index is 957. The maximum Gasteiger partial charge on any atom is 0.326 e. The monoisotopic (exact) mass is 489 g/mol. The summed E-state index contributed by atoms with van der Waals surface area (Å²) in [5.74, 6) is -1.80. The predicted octanol–water partition coefficient (Wildman–Crippen LogP) is 3.70. The van der Waals surface area contributed by atoms with Gasteiger partial charge in [0.1, 0.15) is 11.6 Å². The first-order valence-electron chi connectivity index (χ1n) is 11.3. The number of nitrogens with zero attached hydrogens (tertiary/aromatic N) is 1. The number of pyridine rings is 1. The summed E-state index contributed by atoms with van der Waals surface area (Å²) in [6.07, 6.45) is 5.08. The number of thiophene rings is 1. The van der Waals surface area contributed by atoms with Crippen LogP contribution in [0.1, 0.15) is 51.5 Å². The van der Waals surface area contributed by atoms with Crippen molar-refractivity contribution in [3.05, 3.63) is 40.7 Å². The number of amides is 2. The van der Waals surface area contributed by atoms with Crippen LogP contribution in [0.15, 0.2) is 35.2 Å². The van der Waals surface area contributed by atoms with Crippen molar-refractivity contribution in [1.29, 1.82) is 0 Å². The highest BCUT2D eigenvalue weighted by Crippen LogP contribution is 2.31. The van der Waals surface area contributed by atoms with Crippen LogP contribution in [0.25, 0.3) is 11.3 Å². The topological polar surface area (TPSA) is 108 Å². The molecular formula is C24H31N3O4S2. The summed E-state index contributed by atoms with van der Waals surface area (Å²) in [5.41, 5.74) is 1.43. The Morgan fingerprint density at radius 3 is 2.52 bits per heavy atom. The largest absolute Gasteiger partial charge is 0.480 e. The highest BCUT2D eigenvalue weighted by molar-refractivity contribution is 7.81. The lowest BCUT2D eigenvalue weighted by atomic mass is 9.93. The Balaban J connectivity index is 1.70. The highest BCUT2D eigenvalue weighted by atomic mass is 32.1. The van der Waals surface area contributed by atoms with Crippen molar-refractivity contribution in [2.45, 2.75) is 69.2 Å². The summed E-state index contributed by atoms with van der Waals surface area (Å²) in [4.78, 5) is 42.4. The van der Waals surface area contributed by atoms with Gasteiger partial charge in [-0.25, -0.2) is 4.79 Å². The standard InChI is InChI=1S/C24H31N3O4S2/c1-3-15(2)20(32)21(28)27-24(9-4-5-10-24)23(31)26-19(22(29)30)12-16-6-7-18(25-13-16)17-8-11-33-14-17/h6-8,11,13-15,19-20,32H,3-5,9-10,12H2,1-2H3,(H,26,31)(H,27,28)(H,29,30). The summed E-state index contributed by atoms with van der Waals surface area (Å²) < 4.78 is 0. The van der Waals surface area contributed by atoms with Crippen molar-refractivity contribution in [2.75, 3.05) is 0 Å². The van der Waals surface area contributed by atoms with Crippen LogP contribution >= 0.6 is 24.0 Å². The number of thiol groups is 1. The van der Waals surface area contributed by atoms with Crippen LogP contribution in [0, 0.1) is 5.92 Å². The molecule has 33 heavy (non-hydrogen) atoms. The van der Waals surface area contributed by atoms with Gasteiger partial charge in [-0.3, -0.25) is 14.6 Å². The van der Waals surface area contributed by atoms with Gasteiger partial charge in [-0.15, -0.1) is 0 Å². The van der Waals surface area contributed by atoms with Crippen molar-refractivity contribution in [3.8, 4) is 11.3 Å². The first kappa shape index (κ1) is 25.2. The SMILES string of the molecule is CCC(C)C(S)C(=O)NC1(C(=O)NC(Cc2ccc(-c3ccsc3)nc2)C(=O)O)CCCC1. The van der Waals surface area contributed by atoms with Gasteiger partial charge in [-0.05, 0) is 41.8 Å². The van der Waals surface area contributed by atoms with E-state index in [9.17, 15) is 19.5 Å². The number of carboxylic acids is 1. The molecule has 0 aliphatic heterocycles. The quantitative estimate of drug-likeness (QED) is 0.381. The predicted molar refractivity (Wildman–Crippen MR) is 132 cm³/mol. The molecular weight excluding hydrogens is 458 g/mol. The van der Waals surface area contributed by atoms with Crippen LogP contribution in [-0.2, 0) is 20.8 Å². The Morgan fingerprint density at radius 2 is 1.97 bits per heavy atom. The van der Waals surface area contributed by atoms with E-state index in [2.05, 4.69) is 28.2 Å². The average Bonchev–Trinajstić information content (AvgIpc) is 3.51. The molecule has 3 N–H and O–H groups in total. The van der Waals surface area contributed by atoms with E-state index in [0.29, 0.717) is 18.4 Å². The second kappa shape index (κ2) is 11.2. The Morgan fingerprint density at radius 1 is 1.24 bits per heavy atom. The van der Waals surface area contributed by atoms with Gasteiger partial charge in [0.05, 0.1) is 10.9 Å². The zero-order valence-electron chi connectivity index (χ0n) is 18.9. The van der Waals surface area contributed by atoms with Crippen molar-refractivity contribution in [1.82, 2.24) is 15.6 Å². The highest BCUT2D eigenvalue weighted by Gasteiger charge is 2.44. The van der Waals surface area contributed by atoms with Crippen molar-refractivity contribution in [3.63, 3.8) is 0 Å². The third-order valence-corrected chi connectivity index (χ3v) is 7.82. The van der Waals surface area contributed by atoms with E-state index in [0.717, 1.165) is 30.5 Å². The Labute approximate surface area is 203 Å². The number of aromatic nitrogens is 1. The third kappa shape index (κ3) is 6.14. The molecule has 1 saturated carbocycles. The van der Waals surface area contributed by atoms with Crippen LogP contribution in [0.2, 0.25) is 0 Å². The molecule has 0 spiro atoms. The molecule has 2 aromatic rings. The maximum absolute atomic E-state index is 13.3. The Kier molecular flexibility index (Phi) is 8.53. The van der Waals surface area contributed by atoms with E-state index in [1.165, 1.54) is 0 Å². The van der Waals surface area contributed by atoms with Gasteiger partial charge < -0.3 is 15.7 Å². The minimum atomic E-state index is -1.13. The zero-order valence-corrected chi connectivity index (χ0v) is 20.6. The fourth-order valence-electron chi connectivity index (χ4n) is 4.04. The van der Waals surface area contributed by atoms with Gasteiger partial charge in [-0.2, -0.15) is 24.0 Å². The average molecular weight is 490 g/mol. The molecule has 2 aromatic heterocycles. The van der Waals surface area contributed by atoms with Crippen molar-refractivity contribution in [2.24, 2.45) is 5.92 Å². The summed E-state index contributed by atoms with van der Waals surface area (Å²) in [6, 6.07) is 4.52. The molecule has 9 heteroatoms. The van der Waals surface area contributed by atoms with Gasteiger partial charge in [0.2, 0.25) is 11.8 Å². The van der Waals surface area contributed by atoms with Crippen LogP contribution in [-0.4, -0.2) is 44.7 Å². The van der Waals surface area contributed by atoms with E-state index in [-0.39, 0.29) is 18.2 Å². The zero-order chi connectivity index (χ0) is 24.0. The van der Waals surface area contributed by atoms with E-state index >= 15 is 0 Å². The molecule has 0 aromatic carbocycles. The summed E-state index contributed by atoms with van der Waals surface area (Å²) in [5, 5.41) is 18.8. The molecule has 0 saturated heterocycles.